The molecule has 2 fully saturated rings. The fraction of sp³-hybridized carbons (Fsp3) is 0.444. The van der Waals surface area contributed by atoms with E-state index in [9.17, 15) is 19.2 Å². The SMILES string of the molecule is N[C@H](Cc1ccccc1)C(=O)N1CCCC1NC(=O)ON1C(=O)CCC1=O. The molecule has 1 aromatic carbocycles. The van der Waals surface area contributed by atoms with Crippen LogP contribution >= 0.6 is 0 Å². The van der Waals surface area contributed by atoms with E-state index < -0.39 is 30.1 Å². The molecule has 4 amide bonds. The lowest BCUT2D eigenvalue weighted by molar-refractivity contribution is -0.172. The lowest BCUT2D eigenvalue weighted by atomic mass is 10.1. The number of hydrogen-bond donors (Lipinski definition) is 2. The van der Waals surface area contributed by atoms with Crippen LogP contribution in [0.2, 0.25) is 0 Å². The van der Waals surface area contributed by atoms with Gasteiger partial charge >= 0.3 is 6.09 Å². The van der Waals surface area contributed by atoms with Gasteiger partial charge in [-0.1, -0.05) is 30.3 Å². The number of rotatable bonds is 5. The van der Waals surface area contributed by atoms with Crippen molar-refractivity contribution in [2.75, 3.05) is 6.54 Å². The molecule has 3 N–H and O–H groups in total. The summed E-state index contributed by atoms with van der Waals surface area (Å²) < 4.78 is 0. The van der Waals surface area contributed by atoms with E-state index >= 15 is 0 Å². The van der Waals surface area contributed by atoms with E-state index in [0.29, 0.717) is 30.9 Å². The van der Waals surface area contributed by atoms with Crippen molar-refractivity contribution < 1.29 is 24.0 Å². The third-order valence-electron chi connectivity index (χ3n) is 4.62. The van der Waals surface area contributed by atoms with E-state index in [-0.39, 0.29) is 18.7 Å². The number of imide groups is 1. The van der Waals surface area contributed by atoms with E-state index in [1.54, 1.807) is 0 Å². The van der Waals surface area contributed by atoms with Crippen molar-refractivity contribution in [1.29, 1.82) is 0 Å². The van der Waals surface area contributed by atoms with Crippen LogP contribution in [0, 0.1) is 0 Å². The highest BCUT2D eigenvalue weighted by atomic mass is 16.7. The zero-order valence-electron chi connectivity index (χ0n) is 14.8. The average Bonchev–Trinajstić information content (AvgIpc) is 3.23. The highest BCUT2D eigenvalue weighted by molar-refractivity contribution is 6.01. The number of hydrogen-bond acceptors (Lipinski definition) is 6. The second-order valence-electron chi connectivity index (χ2n) is 6.59. The minimum atomic E-state index is -0.945. The summed E-state index contributed by atoms with van der Waals surface area (Å²) in [6.45, 7) is 0.466. The van der Waals surface area contributed by atoms with Gasteiger partial charge in [0.05, 0.1) is 6.04 Å². The van der Waals surface area contributed by atoms with Gasteiger partial charge in [-0.2, -0.15) is 0 Å². The predicted octanol–water partition coefficient (Wildman–Crippen LogP) is 0.295. The monoisotopic (exact) mass is 374 g/mol. The number of nitrogens with zero attached hydrogens (tertiary/aromatic N) is 2. The fourth-order valence-corrected chi connectivity index (χ4v) is 3.25. The van der Waals surface area contributed by atoms with Crippen molar-refractivity contribution in [3.63, 3.8) is 0 Å². The van der Waals surface area contributed by atoms with Gasteiger partial charge in [-0.25, -0.2) is 4.79 Å². The first-order valence-electron chi connectivity index (χ1n) is 8.90. The number of benzene rings is 1. The molecule has 9 heteroatoms. The van der Waals surface area contributed by atoms with Gasteiger partial charge in [-0.15, -0.1) is 5.06 Å². The summed E-state index contributed by atoms with van der Waals surface area (Å²) in [4.78, 5) is 54.0. The average molecular weight is 374 g/mol. The van der Waals surface area contributed by atoms with E-state index in [2.05, 4.69) is 5.32 Å². The fourth-order valence-electron chi connectivity index (χ4n) is 3.25. The molecule has 144 valence electrons. The first-order chi connectivity index (χ1) is 13.0. The molecule has 0 aromatic heterocycles. The van der Waals surface area contributed by atoms with Crippen LogP contribution in [0.3, 0.4) is 0 Å². The van der Waals surface area contributed by atoms with Gasteiger partial charge in [0.25, 0.3) is 11.8 Å². The molecular weight excluding hydrogens is 352 g/mol. The Morgan fingerprint density at radius 2 is 1.85 bits per heavy atom. The number of nitrogens with one attached hydrogen (secondary N) is 1. The Bertz CT molecular complexity index is 723. The molecule has 1 aromatic rings. The Morgan fingerprint density at radius 3 is 2.52 bits per heavy atom. The van der Waals surface area contributed by atoms with Gasteiger partial charge in [0.1, 0.15) is 6.17 Å². The van der Waals surface area contributed by atoms with Crippen LogP contribution in [-0.2, 0) is 25.6 Å². The maximum atomic E-state index is 12.7. The van der Waals surface area contributed by atoms with Gasteiger partial charge < -0.3 is 15.5 Å². The third-order valence-corrected chi connectivity index (χ3v) is 4.62. The van der Waals surface area contributed by atoms with Crippen LogP contribution < -0.4 is 11.1 Å². The van der Waals surface area contributed by atoms with Gasteiger partial charge in [0.15, 0.2) is 0 Å². The molecule has 0 spiro atoms. The number of likely N-dealkylation sites (tertiary alicyclic amines) is 1. The smallest absolute Gasteiger partial charge is 0.321 e. The molecule has 2 aliphatic heterocycles. The number of carbonyl (C=O) groups is 4. The van der Waals surface area contributed by atoms with Crippen molar-refractivity contribution in [3.8, 4) is 0 Å². The van der Waals surface area contributed by atoms with Gasteiger partial charge in [-0.05, 0) is 24.8 Å². The van der Waals surface area contributed by atoms with E-state index in [1.807, 2.05) is 30.3 Å². The molecule has 2 heterocycles. The van der Waals surface area contributed by atoms with Crippen LogP contribution in [0.25, 0.3) is 0 Å². The number of amides is 4. The number of hydroxylamine groups is 2. The first-order valence-corrected chi connectivity index (χ1v) is 8.90. The summed E-state index contributed by atoms with van der Waals surface area (Å²) in [7, 11) is 0. The minimum absolute atomic E-state index is 0.0223. The molecule has 3 rings (SSSR count). The van der Waals surface area contributed by atoms with Gasteiger partial charge in [0.2, 0.25) is 5.91 Å². The normalized spacial score (nSPS) is 20.7. The van der Waals surface area contributed by atoms with Crippen molar-refractivity contribution in [2.45, 2.75) is 44.3 Å². The van der Waals surface area contributed by atoms with Crippen molar-refractivity contribution >= 4 is 23.8 Å². The maximum Gasteiger partial charge on any atom is 0.433 e. The molecule has 1 unspecified atom stereocenters. The predicted molar refractivity (Wildman–Crippen MR) is 93.6 cm³/mol. The lowest BCUT2D eigenvalue weighted by Gasteiger charge is -2.28. The Kier molecular flexibility index (Phi) is 5.70. The summed E-state index contributed by atoms with van der Waals surface area (Å²) in [5.74, 6) is -1.38. The number of nitrogens with two attached hydrogens (primary N) is 1. The molecule has 2 aliphatic rings. The largest absolute Gasteiger partial charge is 0.433 e. The second-order valence-corrected chi connectivity index (χ2v) is 6.59. The molecule has 2 atom stereocenters. The topological polar surface area (TPSA) is 122 Å². The first kappa shape index (κ1) is 18.8. The quantitative estimate of drug-likeness (QED) is 0.715. The number of carbonyl (C=O) groups excluding carboxylic acids is 4. The zero-order valence-corrected chi connectivity index (χ0v) is 14.8. The highest BCUT2D eigenvalue weighted by Crippen LogP contribution is 2.18. The van der Waals surface area contributed by atoms with Crippen molar-refractivity contribution in [2.24, 2.45) is 5.73 Å². The Labute approximate surface area is 156 Å². The third kappa shape index (κ3) is 4.43. The van der Waals surface area contributed by atoms with Crippen LogP contribution in [0.5, 0.6) is 0 Å². The molecule has 9 nitrogen and oxygen atoms in total. The molecule has 27 heavy (non-hydrogen) atoms. The van der Waals surface area contributed by atoms with E-state index in [0.717, 1.165) is 5.56 Å². The summed E-state index contributed by atoms with van der Waals surface area (Å²) in [6, 6.07) is 8.71. The zero-order chi connectivity index (χ0) is 19.4. The van der Waals surface area contributed by atoms with Crippen LogP contribution in [0.1, 0.15) is 31.2 Å². The summed E-state index contributed by atoms with van der Waals surface area (Å²) in [6.07, 6.45) is 0.157. The van der Waals surface area contributed by atoms with Crippen LogP contribution in [0.15, 0.2) is 30.3 Å². The summed E-state index contributed by atoms with van der Waals surface area (Å²) >= 11 is 0. The van der Waals surface area contributed by atoms with Gasteiger partial charge in [-0.3, -0.25) is 19.7 Å². The van der Waals surface area contributed by atoms with Crippen molar-refractivity contribution in [3.05, 3.63) is 35.9 Å². The molecule has 2 saturated heterocycles. The minimum Gasteiger partial charge on any atom is -0.321 e. The molecular formula is C18H22N4O5. The van der Waals surface area contributed by atoms with E-state index in [1.165, 1.54) is 4.90 Å². The maximum absolute atomic E-state index is 12.7. The Balaban J connectivity index is 1.56. The Morgan fingerprint density at radius 1 is 1.19 bits per heavy atom. The molecule has 0 aliphatic carbocycles. The molecule has 0 bridgehead atoms. The summed E-state index contributed by atoms with van der Waals surface area (Å²) in [5, 5.41) is 3.01. The highest BCUT2D eigenvalue weighted by Gasteiger charge is 2.36. The molecule has 0 radical (unpaired) electrons. The lowest BCUT2D eigenvalue weighted by Crippen LogP contribution is -2.53. The van der Waals surface area contributed by atoms with E-state index in [4.69, 9.17) is 10.6 Å². The molecule has 0 saturated carbocycles. The van der Waals surface area contributed by atoms with Crippen molar-refractivity contribution in [1.82, 2.24) is 15.3 Å². The second kappa shape index (κ2) is 8.17. The van der Waals surface area contributed by atoms with Gasteiger partial charge in [0, 0.05) is 19.4 Å². The standard InChI is InChI=1S/C18H22N4O5/c19-13(11-12-5-2-1-3-6-12)17(25)21-10-4-7-14(21)20-18(26)27-22-15(23)8-9-16(22)24/h1-3,5-6,13-14H,4,7-11,19H2,(H,20,26)/t13-,14?/m1/s1. The summed E-state index contributed by atoms with van der Waals surface area (Å²) in [5.41, 5.74) is 7.01. The Hall–Kier alpha value is -2.94. The van der Waals surface area contributed by atoms with Crippen LogP contribution in [-0.4, -0.2) is 52.5 Å². The van der Waals surface area contributed by atoms with Crippen LogP contribution in [0.4, 0.5) is 4.79 Å².